The van der Waals surface area contributed by atoms with E-state index in [2.05, 4.69) is 45.9 Å². The molecule has 78 heavy (non-hydrogen) atoms. The van der Waals surface area contributed by atoms with E-state index in [1.54, 1.807) is 64.6 Å². The predicted molar refractivity (Wildman–Crippen MR) is 293 cm³/mol. The van der Waals surface area contributed by atoms with Crippen molar-refractivity contribution < 1.29 is 51.3 Å². The summed E-state index contributed by atoms with van der Waals surface area (Å²) in [5, 5.41) is 11.7. The normalized spacial score (nSPS) is 13.3. The van der Waals surface area contributed by atoms with Gasteiger partial charge < -0.3 is 67.0 Å². The molecule has 0 bridgehead atoms. The molecule has 5 rings (SSSR count). The molecule has 12 N–H and O–H groups in total. The van der Waals surface area contributed by atoms with Crippen molar-refractivity contribution in [3.63, 3.8) is 0 Å². The molecular formula is C53H73N13O11S. The van der Waals surface area contributed by atoms with Gasteiger partial charge in [0.2, 0.25) is 23.7 Å². The Morgan fingerprint density at radius 3 is 2.06 bits per heavy atom. The van der Waals surface area contributed by atoms with Gasteiger partial charge in [-0.25, -0.2) is 27.7 Å². The molecule has 24 nitrogen and oxygen atoms in total. The summed E-state index contributed by atoms with van der Waals surface area (Å²) in [6.45, 7) is 10.4. The molecule has 5 aromatic rings. The minimum atomic E-state index is -4.23. The molecule has 0 radical (unpaired) electrons. The molecule has 25 heteroatoms. The van der Waals surface area contributed by atoms with E-state index in [4.69, 9.17) is 36.1 Å². The Bertz CT molecular complexity index is 3040. The topological polar surface area (TPSA) is 353 Å². The van der Waals surface area contributed by atoms with E-state index in [0.29, 0.717) is 40.3 Å². The first kappa shape index (κ1) is 60.7. The molecule has 0 aliphatic rings. The monoisotopic (exact) mass is 1100 g/mol. The number of sulfonamides is 1. The van der Waals surface area contributed by atoms with Gasteiger partial charge in [-0.2, -0.15) is 0 Å². The fourth-order valence-electron chi connectivity index (χ4n) is 8.37. The van der Waals surface area contributed by atoms with Crippen LogP contribution in [0.25, 0.3) is 10.9 Å². The second-order valence-corrected chi connectivity index (χ2v) is 21.1. The number of esters is 1. The van der Waals surface area contributed by atoms with E-state index in [1.807, 2.05) is 54.6 Å². The summed E-state index contributed by atoms with van der Waals surface area (Å²) < 4.78 is 53.1. The lowest BCUT2D eigenvalue weighted by molar-refractivity contribution is -0.145. The maximum absolute atomic E-state index is 14.8. The Balaban J connectivity index is 1.45. The maximum Gasteiger partial charge on any atom is 0.408 e. The Labute approximate surface area is 454 Å². The Kier molecular flexibility index (Phi) is 22.0. The number of hydrogen-bond acceptors (Lipinski definition) is 14. The highest BCUT2D eigenvalue weighted by Gasteiger charge is 2.33. The number of methoxy groups -OCH3 is 2. The van der Waals surface area contributed by atoms with Gasteiger partial charge in [0.25, 0.3) is 10.0 Å². The Hall–Kier alpha value is -8.19. The summed E-state index contributed by atoms with van der Waals surface area (Å²) in [6.07, 6.45) is 3.90. The first-order valence-corrected chi connectivity index (χ1v) is 26.7. The highest BCUT2D eigenvalue weighted by Crippen LogP contribution is 2.30. The van der Waals surface area contributed by atoms with Crippen LogP contribution < -0.4 is 47.9 Å². The van der Waals surface area contributed by atoms with Crippen LogP contribution in [-0.2, 0) is 69.6 Å². The van der Waals surface area contributed by atoms with Crippen LogP contribution in [0.1, 0.15) is 80.0 Å². The third kappa shape index (κ3) is 18.2. The fourth-order valence-corrected chi connectivity index (χ4v) is 9.85. The van der Waals surface area contributed by atoms with Gasteiger partial charge in [-0.15, -0.1) is 0 Å². The summed E-state index contributed by atoms with van der Waals surface area (Å²) in [4.78, 5) is 86.0. The van der Waals surface area contributed by atoms with Crippen molar-refractivity contribution in [2.45, 2.75) is 128 Å². The number of para-hydroxylation sites is 1. The van der Waals surface area contributed by atoms with E-state index in [0.717, 1.165) is 23.6 Å². The van der Waals surface area contributed by atoms with E-state index < -0.39 is 75.5 Å². The van der Waals surface area contributed by atoms with Gasteiger partial charge in [0.05, 0.1) is 37.7 Å². The van der Waals surface area contributed by atoms with Crippen molar-refractivity contribution in [2.75, 3.05) is 27.3 Å². The molecule has 0 saturated heterocycles. The van der Waals surface area contributed by atoms with Gasteiger partial charge in [-0.3, -0.25) is 24.4 Å². The standard InChI is InChI=1S/C53H73N13O11S/c1-32-24-44(74-7)33(2)34(3)45(32)78(72,73)65-51(56)58-23-14-20-40(61-47(68)42(64-52(71)77-53(4,5)6)25-36-27-59-39-19-13-12-18-38(36)39)46(67)63-43(48(69)62-41(49(70)75-8)21-15-22-57-50(54)55)26-37-28-66(30-60-37)31-76-29-35-16-10-9-11-17-35/h9-13,16-19,24,27-28,30,40-43,59H,14-15,20-23,25-26,29,31H2,1-8H3,(H,61,68)(H,62,69)(H,63,67)(H,64,71)(H4,54,55,57)(H3,56,58,65)/t40-,41-,42-,43-/m0/s1. The summed E-state index contributed by atoms with van der Waals surface area (Å²) in [5.41, 5.74) is 20.4. The molecule has 422 valence electrons. The molecule has 3 aromatic carbocycles. The van der Waals surface area contributed by atoms with Crippen LogP contribution in [0.3, 0.4) is 0 Å². The second-order valence-electron chi connectivity index (χ2n) is 19.5. The maximum atomic E-state index is 14.8. The summed E-state index contributed by atoms with van der Waals surface area (Å²) in [6, 6.07) is 13.2. The minimum Gasteiger partial charge on any atom is -0.496 e. The van der Waals surface area contributed by atoms with Gasteiger partial charge in [-0.1, -0.05) is 48.5 Å². The van der Waals surface area contributed by atoms with Crippen molar-refractivity contribution in [3.8, 4) is 5.75 Å². The third-order valence-corrected chi connectivity index (χ3v) is 13.9. The number of carbonyl (C=O) groups is 5. The Morgan fingerprint density at radius 2 is 1.40 bits per heavy atom. The molecule has 0 unspecified atom stereocenters. The predicted octanol–water partition coefficient (Wildman–Crippen LogP) is 2.91. The van der Waals surface area contributed by atoms with Crippen molar-refractivity contribution in [1.29, 1.82) is 0 Å². The number of fused-ring (bicyclic) bond motifs is 1. The number of amides is 4. The molecular weight excluding hydrogens is 1030 g/mol. The van der Waals surface area contributed by atoms with Gasteiger partial charge >= 0.3 is 12.1 Å². The second kappa shape index (κ2) is 28.3. The Morgan fingerprint density at radius 1 is 0.782 bits per heavy atom. The zero-order chi connectivity index (χ0) is 57.2. The SMILES string of the molecule is COC(=O)[C@H](CCCN=C(N)N)NC(=O)[C@H](Cc1cn(COCc2ccccc2)cn1)NC(=O)[C@H](CCCN=C(N)NS(=O)(=O)c1c(C)cc(OC)c(C)c1C)NC(=O)[C@H](Cc1c[nH]c2ccccc12)NC(=O)OC(C)(C)C. The number of imidazole rings is 1. The molecule has 0 saturated carbocycles. The quantitative estimate of drug-likeness (QED) is 0.0158. The first-order chi connectivity index (χ1) is 37.0. The molecule has 0 fully saturated rings. The fraction of sp³-hybridized carbons (Fsp3) is 0.434. The zero-order valence-corrected chi connectivity index (χ0v) is 46.1. The van der Waals surface area contributed by atoms with E-state index in [1.165, 1.54) is 13.4 Å². The molecule has 2 heterocycles. The van der Waals surface area contributed by atoms with Crippen molar-refractivity contribution in [1.82, 2.24) is 40.5 Å². The molecule has 0 aliphatic heterocycles. The van der Waals surface area contributed by atoms with Crippen LogP contribution in [0.15, 0.2) is 94.3 Å². The van der Waals surface area contributed by atoms with Crippen LogP contribution in [-0.4, -0.2) is 122 Å². The lowest BCUT2D eigenvalue weighted by Crippen LogP contribution is -2.58. The van der Waals surface area contributed by atoms with Crippen LogP contribution in [0.4, 0.5) is 4.79 Å². The number of ether oxygens (including phenoxy) is 4. The highest BCUT2D eigenvalue weighted by molar-refractivity contribution is 7.90. The van der Waals surface area contributed by atoms with Gasteiger partial charge in [0.15, 0.2) is 5.96 Å². The summed E-state index contributed by atoms with van der Waals surface area (Å²) in [5.74, 6) is -3.28. The smallest absolute Gasteiger partial charge is 0.408 e. The number of aryl methyl sites for hydroxylation is 1. The lowest BCUT2D eigenvalue weighted by atomic mass is 10.0. The van der Waals surface area contributed by atoms with Crippen LogP contribution >= 0.6 is 0 Å². The van der Waals surface area contributed by atoms with Crippen LogP contribution in [0.2, 0.25) is 0 Å². The number of benzene rings is 3. The van der Waals surface area contributed by atoms with Crippen LogP contribution in [0.5, 0.6) is 5.75 Å². The van der Waals surface area contributed by atoms with Crippen LogP contribution in [0, 0.1) is 20.8 Å². The molecule has 0 spiro atoms. The minimum absolute atomic E-state index is 0.00572. The number of alkyl carbamates (subject to hydrolysis) is 1. The number of nitrogens with two attached hydrogens (primary N) is 3. The number of guanidine groups is 2. The molecule has 4 atom stereocenters. The van der Waals surface area contributed by atoms with Gasteiger partial charge in [-0.05, 0) is 107 Å². The number of carbonyl (C=O) groups excluding carboxylic acids is 5. The number of H-pyrrole nitrogens is 1. The van der Waals surface area contributed by atoms with E-state index >= 15 is 0 Å². The number of rotatable bonds is 27. The summed E-state index contributed by atoms with van der Waals surface area (Å²) in [7, 11) is -1.58. The number of aromatic nitrogens is 3. The molecule has 2 aromatic heterocycles. The third-order valence-electron chi connectivity index (χ3n) is 12.2. The van der Waals surface area contributed by atoms with Crippen molar-refractivity contribution in [3.05, 3.63) is 113 Å². The number of aromatic amines is 1. The summed E-state index contributed by atoms with van der Waals surface area (Å²) >= 11 is 0. The average molecular weight is 1100 g/mol. The number of hydrogen-bond donors (Lipinski definition) is 9. The van der Waals surface area contributed by atoms with E-state index in [-0.39, 0.29) is 69.2 Å². The van der Waals surface area contributed by atoms with Gasteiger partial charge in [0, 0.05) is 49.2 Å². The molecule has 0 aliphatic carbocycles. The largest absolute Gasteiger partial charge is 0.496 e. The zero-order valence-electron chi connectivity index (χ0n) is 45.3. The molecule has 4 amide bonds. The lowest BCUT2D eigenvalue weighted by Gasteiger charge is -2.27. The average Bonchev–Trinajstić information content (AvgIpc) is 4.02. The van der Waals surface area contributed by atoms with Gasteiger partial charge in [0.1, 0.15) is 42.2 Å². The van der Waals surface area contributed by atoms with E-state index in [9.17, 15) is 32.4 Å². The number of nitrogens with one attached hydrogen (secondary N) is 6. The number of nitrogens with zero attached hydrogens (tertiary/aromatic N) is 4. The number of aliphatic imine (C=N–C) groups is 2. The van der Waals surface area contributed by atoms with Crippen molar-refractivity contribution >= 4 is 62.6 Å². The highest BCUT2D eigenvalue weighted by atomic mass is 32.2. The van der Waals surface area contributed by atoms with Crippen molar-refractivity contribution in [2.24, 2.45) is 27.2 Å². The first-order valence-electron chi connectivity index (χ1n) is 25.2.